The Labute approximate surface area is 120 Å². The third kappa shape index (κ3) is 3.37. The Kier molecular flexibility index (Phi) is 4.62. The summed E-state index contributed by atoms with van der Waals surface area (Å²) in [6.07, 6.45) is 0. The van der Waals surface area contributed by atoms with E-state index in [0.29, 0.717) is 6.04 Å². The van der Waals surface area contributed by atoms with Gasteiger partial charge in [0.15, 0.2) is 0 Å². The molecule has 0 aliphatic rings. The van der Waals surface area contributed by atoms with E-state index in [2.05, 4.69) is 56.4 Å². The largest absolute Gasteiger partial charge is 0.304 e. The Hall–Kier alpha value is -1.31. The Bertz CT molecular complexity index is 501. The van der Waals surface area contributed by atoms with Crippen LogP contribution in [0.4, 0.5) is 0 Å². The highest BCUT2D eigenvalue weighted by molar-refractivity contribution is 6.31. The number of hydrogen-bond donors (Lipinski definition) is 1. The van der Waals surface area contributed by atoms with Gasteiger partial charge in [0.25, 0.3) is 0 Å². The topological polar surface area (TPSA) is 12.0 Å². The zero-order chi connectivity index (χ0) is 13.8. The van der Waals surface area contributed by atoms with Gasteiger partial charge in [0.05, 0.1) is 0 Å². The van der Waals surface area contributed by atoms with E-state index in [1.807, 2.05) is 18.2 Å². The van der Waals surface area contributed by atoms with Gasteiger partial charge in [-0.1, -0.05) is 54.1 Å². The lowest BCUT2D eigenvalue weighted by Gasteiger charge is -2.22. The van der Waals surface area contributed by atoms with Crippen LogP contribution in [0.15, 0.2) is 48.5 Å². The van der Waals surface area contributed by atoms with Crippen LogP contribution < -0.4 is 5.32 Å². The first-order valence-corrected chi connectivity index (χ1v) is 7.03. The van der Waals surface area contributed by atoms with Crippen molar-refractivity contribution < 1.29 is 0 Å². The summed E-state index contributed by atoms with van der Waals surface area (Å²) in [5.41, 5.74) is 3.79. The quantitative estimate of drug-likeness (QED) is 0.821. The van der Waals surface area contributed by atoms with Crippen molar-refractivity contribution in [1.82, 2.24) is 5.32 Å². The van der Waals surface area contributed by atoms with Gasteiger partial charge in [0.2, 0.25) is 0 Å². The Balaban J connectivity index is 2.13. The molecule has 0 saturated carbocycles. The highest BCUT2D eigenvalue weighted by Crippen LogP contribution is 2.26. The number of aryl methyl sites for hydroxylation is 1. The molecule has 2 aromatic carbocycles. The molecule has 0 aromatic heterocycles. The van der Waals surface area contributed by atoms with E-state index >= 15 is 0 Å². The summed E-state index contributed by atoms with van der Waals surface area (Å²) < 4.78 is 0. The highest BCUT2D eigenvalue weighted by Gasteiger charge is 2.14. The number of rotatable bonds is 4. The third-order valence-corrected chi connectivity index (χ3v) is 3.87. The van der Waals surface area contributed by atoms with E-state index in [1.165, 1.54) is 11.1 Å². The summed E-state index contributed by atoms with van der Waals surface area (Å²) >= 11 is 6.24. The fourth-order valence-corrected chi connectivity index (χ4v) is 2.75. The summed E-state index contributed by atoms with van der Waals surface area (Å²) in [5, 5.41) is 4.43. The zero-order valence-corrected chi connectivity index (χ0v) is 12.4. The third-order valence-electron chi connectivity index (χ3n) is 3.53. The smallest absolute Gasteiger partial charge is 0.0453 e. The zero-order valence-electron chi connectivity index (χ0n) is 11.7. The molecular formula is C17H20ClN. The predicted molar refractivity (Wildman–Crippen MR) is 82.6 cm³/mol. The van der Waals surface area contributed by atoms with Crippen molar-refractivity contribution in [1.29, 1.82) is 0 Å². The Morgan fingerprint density at radius 1 is 0.842 bits per heavy atom. The maximum Gasteiger partial charge on any atom is 0.0453 e. The molecule has 0 fully saturated rings. The summed E-state index contributed by atoms with van der Waals surface area (Å²) in [5.74, 6) is 0. The molecule has 1 nitrogen and oxygen atoms in total. The monoisotopic (exact) mass is 273 g/mol. The van der Waals surface area contributed by atoms with E-state index in [-0.39, 0.29) is 6.04 Å². The normalized spacial score (nSPS) is 14.1. The van der Waals surface area contributed by atoms with Gasteiger partial charge in [-0.3, -0.25) is 0 Å². The first kappa shape index (κ1) is 14.1. The molecule has 2 atom stereocenters. The maximum atomic E-state index is 6.24. The molecule has 1 unspecified atom stereocenters. The fourth-order valence-electron chi connectivity index (χ4n) is 2.45. The molecule has 0 bridgehead atoms. The van der Waals surface area contributed by atoms with Gasteiger partial charge < -0.3 is 5.32 Å². The van der Waals surface area contributed by atoms with Gasteiger partial charge in [0, 0.05) is 17.1 Å². The fraction of sp³-hybridized carbons (Fsp3) is 0.294. The molecule has 0 spiro atoms. The molecule has 2 aromatic rings. The minimum Gasteiger partial charge on any atom is -0.304 e. The second kappa shape index (κ2) is 6.23. The van der Waals surface area contributed by atoms with Crippen molar-refractivity contribution in [3.05, 3.63) is 70.2 Å². The predicted octanol–water partition coefficient (Wildman–Crippen LogP) is 5.06. The first-order chi connectivity index (χ1) is 9.09. The van der Waals surface area contributed by atoms with Gasteiger partial charge in [-0.05, 0) is 43.5 Å². The van der Waals surface area contributed by atoms with Gasteiger partial charge in [-0.2, -0.15) is 0 Å². The van der Waals surface area contributed by atoms with Crippen molar-refractivity contribution in [3.63, 3.8) is 0 Å². The molecular weight excluding hydrogens is 254 g/mol. The van der Waals surface area contributed by atoms with Crippen molar-refractivity contribution in [2.45, 2.75) is 32.9 Å². The number of benzene rings is 2. The SMILES string of the molecule is Cc1ccccc1[C@H](C)NC(C)c1ccccc1Cl. The van der Waals surface area contributed by atoms with E-state index in [9.17, 15) is 0 Å². The van der Waals surface area contributed by atoms with Crippen molar-refractivity contribution in [2.75, 3.05) is 0 Å². The van der Waals surface area contributed by atoms with Crippen molar-refractivity contribution in [2.24, 2.45) is 0 Å². The van der Waals surface area contributed by atoms with Gasteiger partial charge in [0.1, 0.15) is 0 Å². The van der Waals surface area contributed by atoms with Crippen LogP contribution in [0.5, 0.6) is 0 Å². The summed E-state index contributed by atoms with van der Waals surface area (Å²) in [6, 6.07) is 17.0. The number of halogens is 1. The molecule has 2 rings (SSSR count). The lowest BCUT2D eigenvalue weighted by Crippen LogP contribution is -2.23. The molecule has 100 valence electrons. The molecule has 0 amide bonds. The number of nitrogens with one attached hydrogen (secondary N) is 1. The molecule has 19 heavy (non-hydrogen) atoms. The summed E-state index contributed by atoms with van der Waals surface area (Å²) in [6.45, 7) is 6.49. The van der Waals surface area contributed by atoms with Crippen LogP contribution in [0, 0.1) is 6.92 Å². The standard InChI is InChI=1S/C17H20ClN/c1-12-8-4-5-9-15(12)13(2)19-14(3)16-10-6-7-11-17(16)18/h4-11,13-14,19H,1-3H3/t13-,14?/m0/s1. The van der Waals surface area contributed by atoms with Gasteiger partial charge in [-0.15, -0.1) is 0 Å². The van der Waals surface area contributed by atoms with Crippen LogP contribution >= 0.6 is 11.6 Å². The van der Waals surface area contributed by atoms with Crippen LogP contribution in [0.25, 0.3) is 0 Å². The average molecular weight is 274 g/mol. The average Bonchev–Trinajstić information content (AvgIpc) is 2.39. The molecule has 0 aliphatic carbocycles. The highest BCUT2D eigenvalue weighted by atomic mass is 35.5. The molecule has 0 saturated heterocycles. The maximum absolute atomic E-state index is 6.24. The van der Waals surface area contributed by atoms with E-state index < -0.39 is 0 Å². The van der Waals surface area contributed by atoms with Gasteiger partial charge >= 0.3 is 0 Å². The first-order valence-electron chi connectivity index (χ1n) is 6.65. The van der Waals surface area contributed by atoms with Crippen molar-refractivity contribution >= 4 is 11.6 Å². The van der Waals surface area contributed by atoms with Crippen molar-refractivity contribution in [3.8, 4) is 0 Å². The lowest BCUT2D eigenvalue weighted by atomic mass is 10.0. The lowest BCUT2D eigenvalue weighted by molar-refractivity contribution is 0.493. The second-order valence-corrected chi connectivity index (χ2v) is 5.40. The van der Waals surface area contributed by atoms with Crippen LogP contribution in [-0.2, 0) is 0 Å². The van der Waals surface area contributed by atoms with Crippen LogP contribution in [0.1, 0.15) is 42.6 Å². The minimum atomic E-state index is 0.225. The summed E-state index contributed by atoms with van der Waals surface area (Å²) in [7, 11) is 0. The van der Waals surface area contributed by atoms with Crippen LogP contribution in [0.3, 0.4) is 0 Å². The Morgan fingerprint density at radius 3 is 2.00 bits per heavy atom. The molecule has 0 aliphatic heterocycles. The van der Waals surface area contributed by atoms with Gasteiger partial charge in [-0.25, -0.2) is 0 Å². The molecule has 0 heterocycles. The molecule has 2 heteroatoms. The number of hydrogen-bond acceptors (Lipinski definition) is 1. The Morgan fingerprint density at radius 2 is 1.37 bits per heavy atom. The minimum absolute atomic E-state index is 0.225. The van der Waals surface area contributed by atoms with Crippen LogP contribution in [0.2, 0.25) is 5.02 Å². The second-order valence-electron chi connectivity index (χ2n) is 4.99. The summed E-state index contributed by atoms with van der Waals surface area (Å²) in [4.78, 5) is 0. The van der Waals surface area contributed by atoms with E-state index in [4.69, 9.17) is 11.6 Å². The molecule has 1 N–H and O–H groups in total. The molecule has 0 radical (unpaired) electrons. The van der Waals surface area contributed by atoms with Crippen LogP contribution in [-0.4, -0.2) is 0 Å². The van der Waals surface area contributed by atoms with E-state index in [0.717, 1.165) is 10.6 Å². The van der Waals surface area contributed by atoms with E-state index in [1.54, 1.807) is 0 Å².